The molecule has 8 heteroatoms. The predicted molar refractivity (Wildman–Crippen MR) is 168 cm³/mol. The molecule has 3 aromatic rings. The predicted octanol–water partition coefficient (Wildman–Crippen LogP) is 7.86. The average Bonchev–Trinajstić information content (AvgIpc) is 2.95. The van der Waals surface area contributed by atoms with E-state index in [9.17, 15) is 9.59 Å². The second kappa shape index (κ2) is 14.9. The zero-order valence-corrected chi connectivity index (χ0v) is 26.8. The standard InChI is InChI=1S/C34H41Cl2NO5/c1-33(2,3)42-31(38)22-21-30(32(39)40-6)41-29-19-9-24(10-20-29)8-7-23-37(5)34(4,25-11-15-27(35)16-12-25)26-13-17-28(36)18-14-26/h9-20,30H,7-8,21-23H2,1-6H3. The van der Waals surface area contributed by atoms with Gasteiger partial charge < -0.3 is 14.2 Å². The molecule has 42 heavy (non-hydrogen) atoms. The highest BCUT2D eigenvalue weighted by Crippen LogP contribution is 2.36. The molecule has 0 N–H and O–H groups in total. The third-order valence-corrected chi connectivity index (χ3v) is 7.74. The Morgan fingerprint density at radius 3 is 1.83 bits per heavy atom. The molecule has 3 rings (SSSR count). The van der Waals surface area contributed by atoms with Gasteiger partial charge in [-0.3, -0.25) is 9.69 Å². The summed E-state index contributed by atoms with van der Waals surface area (Å²) in [7, 11) is 3.43. The van der Waals surface area contributed by atoms with Gasteiger partial charge in [-0.2, -0.15) is 0 Å². The van der Waals surface area contributed by atoms with Crippen LogP contribution in [-0.2, 0) is 31.0 Å². The minimum atomic E-state index is -0.902. The molecule has 0 spiro atoms. The fourth-order valence-corrected chi connectivity index (χ4v) is 5.05. The molecular formula is C34H41Cl2NO5. The molecule has 0 aliphatic rings. The van der Waals surface area contributed by atoms with Crippen molar-refractivity contribution in [1.82, 2.24) is 4.90 Å². The molecule has 1 unspecified atom stereocenters. The van der Waals surface area contributed by atoms with Gasteiger partial charge in [0.15, 0.2) is 6.10 Å². The van der Waals surface area contributed by atoms with Crippen LogP contribution in [0.1, 0.15) is 63.6 Å². The van der Waals surface area contributed by atoms with E-state index in [1.165, 1.54) is 7.11 Å². The van der Waals surface area contributed by atoms with Crippen molar-refractivity contribution < 1.29 is 23.8 Å². The highest BCUT2D eigenvalue weighted by Gasteiger charge is 2.33. The van der Waals surface area contributed by atoms with Gasteiger partial charge in [-0.15, -0.1) is 0 Å². The van der Waals surface area contributed by atoms with E-state index < -0.39 is 17.7 Å². The minimum absolute atomic E-state index is 0.0492. The van der Waals surface area contributed by atoms with Crippen LogP contribution in [-0.4, -0.2) is 49.2 Å². The SMILES string of the molecule is COC(=O)C(CCC(=O)OC(C)(C)C)Oc1ccc(CCCN(C)C(C)(c2ccc(Cl)cc2)c2ccc(Cl)cc2)cc1. The van der Waals surface area contributed by atoms with Gasteiger partial charge in [-0.05, 0) is 107 Å². The molecule has 226 valence electrons. The van der Waals surface area contributed by atoms with E-state index in [0.29, 0.717) is 15.8 Å². The molecule has 0 aliphatic heterocycles. The molecule has 0 heterocycles. The third kappa shape index (κ3) is 9.48. The first-order chi connectivity index (χ1) is 19.8. The number of carbonyl (C=O) groups is 2. The molecule has 0 radical (unpaired) electrons. The topological polar surface area (TPSA) is 65.1 Å². The summed E-state index contributed by atoms with van der Waals surface area (Å²) in [5.41, 5.74) is 2.47. The Balaban J connectivity index is 1.62. The first-order valence-electron chi connectivity index (χ1n) is 14.1. The number of aryl methyl sites for hydroxylation is 1. The molecule has 0 aromatic heterocycles. The monoisotopic (exact) mass is 613 g/mol. The maximum atomic E-state index is 12.3. The van der Waals surface area contributed by atoms with E-state index in [-0.39, 0.29) is 24.3 Å². The van der Waals surface area contributed by atoms with Crippen molar-refractivity contribution in [1.29, 1.82) is 0 Å². The molecule has 0 saturated carbocycles. The van der Waals surface area contributed by atoms with Crippen LogP contribution < -0.4 is 4.74 Å². The largest absolute Gasteiger partial charge is 0.479 e. The molecule has 3 aromatic carbocycles. The van der Waals surface area contributed by atoms with Crippen molar-refractivity contribution in [2.24, 2.45) is 0 Å². The second-order valence-corrected chi connectivity index (χ2v) is 12.4. The molecule has 0 fully saturated rings. The Morgan fingerprint density at radius 2 is 1.36 bits per heavy atom. The van der Waals surface area contributed by atoms with Crippen LogP contribution in [0.2, 0.25) is 10.0 Å². The van der Waals surface area contributed by atoms with Crippen LogP contribution >= 0.6 is 23.2 Å². The number of esters is 2. The van der Waals surface area contributed by atoms with E-state index in [4.69, 9.17) is 37.4 Å². The summed E-state index contributed by atoms with van der Waals surface area (Å²) in [5, 5.41) is 1.40. The molecule has 0 amide bonds. The lowest BCUT2D eigenvalue weighted by Crippen LogP contribution is -2.42. The third-order valence-electron chi connectivity index (χ3n) is 7.23. The number of nitrogens with zero attached hydrogens (tertiary/aromatic N) is 1. The van der Waals surface area contributed by atoms with Crippen molar-refractivity contribution in [3.05, 3.63) is 99.5 Å². The van der Waals surface area contributed by atoms with Gasteiger partial charge in [0.1, 0.15) is 11.4 Å². The zero-order valence-electron chi connectivity index (χ0n) is 25.3. The van der Waals surface area contributed by atoms with Gasteiger partial charge >= 0.3 is 11.9 Å². The van der Waals surface area contributed by atoms with E-state index in [1.54, 1.807) is 20.8 Å². The minimum Gasteiger partial charge on any atom is -0.479 e. The van der Waals surface area contributed by atoms with Gasteiger partial charge in [0.05, 0.1) is 12.6 Å². The lowest BCUT2D eigenvalue weighted by Gasteiger charge is -2.40. The Kier molecular flexibility index (Phi) is 11.9. The maximum absolute atomic E-state index is 12.3. The lowest BCUT2D eigenvalue weighted by molar-refractivity contribution is -0.156. The summed E-state index contributed by atoms with van der Waals surface area (Å²) < 4.78 is 16.1. The normalized spacial score (nSPS) is 12.6. The fourth-order valence-electron chi connectivity index (χ4n) is 4.80. The van der Waals surface area contributed by atoms with Crippen molar-refractivity contribution in [2.45, 2.75) is 70.6 Å². The number of carbonyl (C=O) groups excluding carboxylic acids is 2. The van der Waals surface area contributed by atoms with Crippen LogP contribution in [0.5, 0.6) is 5.75 Å². The Morgan fingerprint density at radius 1 is 0.833 bits per heavy atom. The van der Waals surface area contributed by atoms with E-state index in [0.717, 1.165) is 36.1 Å². The van der Waals surface area contributed by atoms with Crippen LogP contribution in [0.3, 0.4) is 0 Å². The number of ether oxygens (including phenoxy) is 3. The van der Waals surface area contributed by atoms with Crippen LogP contribution in [0.4, 0.5) is 0 Å². The second-order valence-electron chi connectivity index (χ2n) is 11.5. The van der Waals surface area contributed by atoms with Crippen LogP contribution in [0.15, 0.2) is 72.8 Å². The fraction of sp³-hybridized carbons (Fsp3) is 0.412. The van der Waals surface area contributed by atoms with E-state index in [1.807, 2.05) is 48.5 Å². The number of hydrogen-bond donors (Lipinski definition) is 0. The number of methoxy groups -OCH3 is 1. The lowest BCUT2D eigenvalue weighted by atomic mass is 9.83. The summed E-state index contributed by atoms with van der Waals surface area (Å²) in [4.78, 5) is 26.8. The first kappa shape index (κ1) is 33.4. The molecule has 0 aliphatic carbocycles. The smallest absolute Gasteiger partial charge is 0.347 e. The van der Waals surface area contributed by atoms with Crippen LogP contribution in [0, 0.1) is 0 Å². The first-order valence-corrected chi connectivity index (χ1v) is 14.9. The van der Waals surface area contributed by atoms with Gasteiger partial charge in [-0.1, -0.05) is 59.6 Å². The van der Waals surface area contributed by atoms with Crippen molar-refractivity contribution in [3.63, 3.8) is 0 Å². The molecule has 0 bridgehead atoms. The van der Waals surface area contributed by atoms with Gasteiger partial charge in [0, 0.05) is 22.9 Å². The molecule has 0 saturated heterocycles. The zero-order chi connectivity index (χ0) is 30.9. The summed E-state index contributed by atoms with van der Waals surface area (Å²) in [5.74, 6) is -0.382. The number of benzene rings is 3. The number of hydrogen-bond acceptors (Lipinski definition) is 6. The van der Waals surface area contributed by atoms with Crippen molar-refractivity contribution in [2.75, 3.05) is 20.7 Å². The molecular weight excluding hydrogens is 573 g/mol. The molecule has 6 nitrogen and oxygen atoms in total. The average molecular weight is 615 g/mol. The summed E-state index contributed by atoms with van der Waals surface area (Å²) in [6.07, 6.45) is 1.10. The summed E-state index contributed by atoms with van der Waals surface area (Å²) >= 11 is 12.4. The quantitative estimate of drug-likeness (QED) is 0.183. The Hall–Kier alpha value is -3.06. The number of halogens is 2. The summed E-state index contributed by atoms with van der Waals surface area (Å²) in [6, 6.07) is 23.6. The van der Waals surface area contributed by atoms with E-state index >= 15 is 0 Å². The van der Waals surface area contributed by atoms with Gasteiger partial charge in [0.2, 0.25) is 0 Å². The van der Waals surface area contributed by atoms with Crippen molar-refractivity contribution in [3.8, 4) is 5.75 Å². The van der Waals surface area contributed by atoms with Gasteiger partial charge in [0.25, 0.3) is 0 Å². The van der Waals surface area contributed by atoms with E-state index in [2.05, 4.69) is 43.1 Å². The Bertz CT molecular complexity index is 1260. The highest BCUT2D eigenvalue weighted by molar-refractivity contribution is 6.30. The van der Waals surface area contributed by atoms with Gasteiger partial charge in [-0.25, -0.2) is 4.79 Å². The maximum Gasteiger partial charge on any atom is 0.347 e. The van der Waals surface area contributed by atoms with Crippen LogP contribution in [0.25, 0.3) is 0 Å². The Labute approximate surface area is 259 Å². The molecule has 1 atom stereocenters. The number of rotatable bonds is 13. The highest BCUT2D eigenvalue weighted by atomic mass is 35.5. The van der Waals surface area contributed by atoms with Crippen molar-refractivity contribution >= 4 is 35.1 Å². The summed E-state index contributed by atoms with van der Waals surface area (Å²) in [6.45, 7) is 8.46.